The first-order chi connectivity index (χ1) is 14.5. The van der Waals surface area contributed by atoms with Crippen molar-refractivity contribution in [1.82, 2.24) is 4.90 Å². The van der Waals surface area contributed by atoms with E-state index in [9.17, 15) is 22.8 Å². The molecule has 0 bridgehead atoms. The molecule has 0 spiro atoms. The number of rotatable bonds is 6. The third-order valence-electron chi connectivity index (χ3n) is 5.45. The number of imide groups is 1. The molecule has 1 saturated heterocycles. The second-order valence-electron chi connectivity index (χ2n) is 7.67. The lowest BCUT2D eigenvalue weighted by atomic mass is 10.0. The second-order valence-corrected chi connectivity index (χ2v) is 9.23. The Labute approximate surface area is 181 Å². The van der Waals surface area contributed by atoms with Crippen LogP contribution in [0.25, 0.3) is 0 Å². The standard InChI is InChI=1S/C22H25N3O5S/c1-4-15(3)24(21(27)16-7-5-6-14(2)12-16)19-13-20(26)25(22(19)28)17-8-10-18(11-9-17)31(23,29)30/h5-12,15,19H,4,13H2,1-3H3,(H2,23,29,30). The van der Waals surface area contributed by atoms with Gasteiger partial charge in [0.15, 0.2) is 0 Å². The first kappa shape index (κ1) is 22.6. The Morgan fingerprint density at radius 2 is 1.84 bits per heavy atom. The predicted molar refractivity (Wildman–Crippen MR) is 116 cm³/mol. The highest BCUT2D eigenvalue weighted by Crippen LogP contribution is 2.29. The first-order valence-electron chi connectivity index (χ1n) is 9.93. The summed E-state index contributed by atoms with van der Waals surface area (Å²) in [6.45, 7) is 5.63. The molecule has 3 rings (SSSR count). The number of benzene rings is 2. The number of aryl methyl sites for hydroxylation is 1. The van der Waals surface area contributed by atoms with Gasteiger partial charge in [0.25, 0.3) is 11.8 Å². The molecule has 0 aromatic heterocycles. The molecule has 3 amide bonds. The number of sulfonamides is 1. The van der Waals surface area contributed by atoms with Crippen LogP contribution in [0.1, 0.15) is 42.6 Å². The summed E-state index contributed by atoms with van der Waals surface area (Å²) in [5.74, 6) is -1.28. The summed E-state index contributed by atoms with van der Waals surface area (Å²) >= 11 is 0. The van der Waals surface area contributed by atoms with E-state index in [1.165, 1.54) is 29.2 Å². The molecule has 1 heterocycles. The van der Waals surface area contributed by atoms with Crippen molar-refractivity contribution < 1.29 is 22.8 Å². The maximum atomic E-state index is 13.3. The van der Waals surface area contributed by atoms with Crippen LogP contribution in [0.4, 0.5) is 5.69 Å². The molecular weight excluding hydrogens is 418 g/mol. The summed E-state index contributed by atoms with van der Waals surface area (Å²) in [5.41, 5.74) is 1.61. The van der Waals surface area contributed by atoms with Gasteiger partial charge in [0.2, 0.25) is 15.9 Å². The van der Waals surface area contributed by atoms with Crippen molar-refractivity contribution in [1.29, 1.82) is 0 Å². The molecule has 8 nitrogen and oxygen atoms in total. The summed E-state index contributed by atoms with van der Waals surface area (Å²) in [4.78, 5) is 41.6. The van der Waals surface area contributed by atoms with Crippen LogP contribution in [0.5, 0.6) is 0 Å². The van der Waals surface area contributed by atoms with Gasteiger partial charge in [-0.3, -0.25) is 14.4 Å². The topological polar surface area (TPSA) is 118 Å². The average Bonchev–Trinajstić information content (AvgIpc) is 3.01. The third kappa shape index (κ3) is 4.52. The Hall–Kier alpha value is -3.04. The predicted octanol–water partition coefficient (Wildman–Crippen LogP) is 2.22. The van der Waals surface area contributed by atoms with Gasteiger partial charge in [-0.25, -0.2) is 18.5 Å². The Balaban J connectivity index is 1.94. The zero-order valence-electron chi connectivity index (χ0n) is 17.6. The molecule has 0 saturated carbocycles. The van der Waals surface area contributed by atoms with E-state index < -0.39 is 27.9 Å². The fourth-order valence-corrected chi connectivity index (χ4v) is 4.18. The molecule has 2 N–H and O–H groups in total. The lowest BCUT2D eigenvalue weighted by Crippen LogP contribution is -2.49. The summed E-state index contributed by atoms with van der Waals surface area (Å²) in [6.07, 6.45) is 0.469. The molecule has 0 aliphatic carbocycles. The van der Waals surface area contributed by atoms with E-state index in [1.54, 1.807) is 18.2 Å². The Bertz CT molecular complexity index is 1130. The van der Waals surface area contributed by atoms with Gasteiger partial charge in [-0.05, 0) is 56.7 Å². The zero-order valence-corrected chi connectivity index (χ0v) is 18.4. The molecule has 1 aliphatic rings. The van der Waals surface area contributed by atoms with Crippen molar-refractivity contribution in [2.45, 2.75) is 50.6 Å². The number of nitrogens with two attached hydrogens (primary N) is 1. The molecule has 2 aromatic carbocycles. The highest BCUT2D eigenvalue weighted by atomic mass is 32.2. The molecule has 31 heavy (non-hydrogen) atoms. The zero-order chi connectivity index (χ0) is 22.9. The molecule has 0 radical (unpaired) electrons. The summed E-state index contributed by atoms with van der Waals surface area (Å²) < 4.78 is 22.9. The molecule has 1 fully saturated rings. The van der Waals surface area contributed by atoms with E-state index in [1.807, 2.05) is 26.8 Å². The van der Waals surface area contributed by atoms with Crippen LogP contribution in [0.2, 0.25) is 0 Å². The van der Waals surface area contributed by atoms with Crippen LogP contribution < -0.4 is 10.0 Å². The first-order valence-corrected chi connectivity index (χ1v) is 11.5. The van der Waals surface area contributed by atoms with Crippen LogP contribution >= 0.6 is 0 Å². The van der Waals surface area contributed by atoms with E-state index in [0.717, 1.165) is 10.5 Å². The summed E-state index contributed by atoms with van der Waals surface area (Å²) in [6, 6.07) is 11.1. The average molecular weight is 444 g/mol. The van der Waals surface area contributed by atoms with Gasteiger partial charge < -0.3 is 4.90 Å². The lowest BCUT2D eigenvalue weighted by molar-refractivity contribution is -0.122. The van der Waals surface area contributed by atoms with Crippen molar-refractivity contribution in [2.75, 3.05) is 4.90 Å². The Kier molecular flexibility index (Phi) is 6.28. The van der Waals surface area contributed by atoms with Gasteiger partial charge >= 0.3 is 0 Å². The fourth-order valence-electron chi connectivity index (χ4n) is 3.66. The number of carbonyl (C=O) groups is 3. The minimum absolute atomic E-state index is 0.122. The third-order valence-corrected chi connectivity index (χ3v) is 6.38. The molecule has 2 aromatic rings. The Morgan fingerprint density at radius 3 is 2.39 bits per heavy atom. The highest BCUT2D eigenvalue weighted by molar-refractivity contribution is 7.89. The van der Waals surface area contributed by atoms with Crippen LogP contribution in [0.15, 0.2) is 53.4 Å². The number of anilines is 1. The molecule has 2 unspecified atom stereocenters. The van der Waals surface area contributed by atoms with Gasteiger partial charge in [0.1, 0.15) is 6.04 Å². The van der Waals surface area contributed by atoms with E-state index >= 15 is 0 Å². The molecule has 2 atom stereocenters. The number of primary sulfonamides is 1. The van der Waals surface area contributed by atoms with Gasteiger partial charge in [0.05, 0.1) is 17.0 Å². The largest absolute Gasteiger partial charge is 0.323 e. The molecule has 164 valence electrons. The van der Waals surface area contributed by atoms with Crippen LogP contribution in [-0.2, 0) is 19.6 Å². The monoisotopic (exact) mass is 443 g/mol. The second kappa shape index (κ2) is 8.60. The van der Waals surface area contributed by atoms with E-state index in [2.05, 4.69) is 0 Å². The van der Waals surface area contributed by atoms with Gasteiger partial charge in [-0.1, -0.05) is 24.6 Å². The normalized spacial score (nSPS) is 17.7. The van der Waals surface area contributed by atoms with Crippen LogP contribution in [-0.4, -0.2) is 43.1 Å². The van der Waals surface area contributed by atoms with Gasteiger partial charge in [-0.2, -0.15) is 0 Å². The quantitative estimate of drug-likeness (QED) is 0.687. The van der Waals surface area contributed by atoms with Gasteiger partial charge in [0, 0.05) is 11.6 Å². The maximum absolute atomic E-state index is 13.3. The number of hydrogen-bond donors (Lipinski definition) is 1. The van der Waals surface area contributed by atoms with Crippen LogP contribution in [0.3, 0.4) is 0 Å². The van der Waals surface area contributed by atoms with E-state index in [-0.39, 0.29) is 29.0 Å². The smallest absolute Gasteiger partial charge is 0.257 e. The maximum Gasteiger partial charge on any atom is 0.257 e. The van der Waals surface area contributed by atoms with Crippen molar-refractivity contribution in [3.8, 4) is 0 Å². The van der Waals surface area contributed by atoms with Gasteiger partial charge in [-0.15, -0.1) is 0 Å². The lowest BCUT2D eigenvalue weighted by Gasteiger charge is -2.33. The van der Waals surface area contributed by atoms with Crippen LogP contribution in [0, 0.1) is 6.92 Å². The molecular formula is C22H25N3O5S. The van der Waals surface area contributed by atoms with E-state index in [4.69, 9.17) is 5.14 Å². The minimum atomic E-state index is -3.90. The van der Waals surface area contributed by atoms with Crippen molar-refractivity contribution in [2.24, 2.45) is 5.14 Å². The number of amides is 3. The van der Waals surface area contributed by atoms with Crippen molar-refractivity contribution in [3.05, 3.63) is 59.7 Å². The number of carbonyl (C=O) groups excluding carboxylic acids is 3. The highest BCUT2D eigenvalue weighted by Gasteiger charge is 2.45. The van der Waals surface area contributed by atoms with Crippen molar-refractivity contribution >= 4 is 33.4 Å². The fraction of sp³-hybridized carbons (Fsp3) is 0.318. The SMILES string of the molecule is CCC(C)N(C(=O)c1cccc(C)c1)C1CC(=O)N(c2ccc(S(N)(=O)=O)cc2)C1=O. The summed E-state index contributed by atoms with van der Waals surface area (Å²) in [5, 5.41) is 5.11. The molecule has 9 heteroatoms. The number of nitrogens with zero attached hydrogens (tertiary/aromatic N) is 2. The number of hydrogen-bond acceptors (Lipinski definition) is 5. The Morgan fingerprint density at radius 1 is 1.19 bits per heavy atom. The van der Waals surface area contributed by atoms with E-state index in [0.29, 0.717) is 12.0 Å². The summed E-state index contributed by atoms with van der Waals surface area (Å²) in [7, 11) is -3.90. The van der Waals surface area contributed by atoms with Crippen molar-refractivity contribution in [3.63, 3.8) is 0 Å². The molecule has 1 aliphatic heterocycles. The minimum Gasteiger partial charge on any atom is -0.323 e.